The molecular weight excluding hydrogens is 322 g/mol. The van der Waals surface area contributed by atoms with E-state index in [2.05, 4.69) is 26.2 Å². The smallest absolute Gasteiger partial charge is 0.235 e. The van der Waals surface area contributed by atoms with Crippen molar-refractivity contribution in [2.45, 2.75) is 18.9 Å². The Kier molecular flexibility index (Phi) is 4.84. The molecule has 0 spiro atoms. The van der Waals surface area contributed by atoms with Gasteiger partial charge in [-0.25, -0.2) is 13.1 Å². The molecule has 1 rings (SSSR count). The molecule has 1 aromatic heterocycles. The van der Waals surface area contributed by atoms with Crippen LogP contribution >= 0.6 is 15.9 Å². The zero-order chi connectivity index (χ0) is 13.9. The van der Waals surface area contributed by atoms with Crippen molar-refractivity contribution in [1.29, 1.82) is 5.26 Å². The van der Waals surface area contributed by atoms with E-state index in [0.29, 0.717) is 0 Å². The van der Waals surface area contributed by atoms with Crippen molar-refractivity contribution >= 4 is 26.0 Å². The molecule has 1 heterocycles. The summed E-state index contributed by atoms with van der Waals surface area (Å²) in [5.41, 5.74) is 0. The number of rotatable bonds is 5. The lowest BCUT2D eigenvalue weighted by Gasteiger charge is -2.21. The summed E-state index contributed by atoms with van der Waals surface area (Å²) in [5.74, 6) is -0.375. The molecule has 1 aromatic rings. The monoisotopic (exact) mass is 335 g/mol. The van der Waals surface area contributed by atoms with Crippen molar-refractivity contribution in [3.05, 3.63) is 4.60 Å². The molecule has 0 aliphatic heterocycles. The van der Waals surface area contributed by atoms with Crippen molar-refractivity contribution in [3.63, 3.8) is 0 Å². The first-order valence-corrected chi connectivity index (χ1v) is 7.52. The number of sulfonamides is 1. The molecule has 0 N–H and O–H groups in total. The van der Waals surface area contributed by atoms with E-state index in [1.54, 1.807) is 13.8 Å². The fraction of sp³-hybridized carbons (Fsp3) is 0.667. The Hall–Kier alpha value is -0.980. The minimum absolute atomic E-state index is 0.00510. The zero-order valence-electron chi connectivity index (χ0n) is 10.3. The van der Waals surface area contributed by atoms with Crippen LogP contribution in [0.25, 0.3) is 0 Å². The molecular formula is C9H14BrN5O2S. The van der Waals surface area contributed by atoms with Gasteiger partial charge in [0.25, 0.3) is 10.0 Å². The molecule has 1 atom stereocenters. The Bertz CT molecular complexity index is 543. The lowest BCUT2D eigenvalue weighted by molar-refractivity contribution is 0.394. The summed E-state index contributed by atoms with van der Waals surface area (Å²) in [6.45, 7) is 3.83. The van der Waals surface area contributed by atoms with E-state index in [-0.39, 0.29) is 28.6 Å². The maximum atomic E-state index is 12.4. The van der Waals surface area contributed by atoms with Crippen molar-refractivity contribution < 1.29 is 8.42 Å². The average Bonchev–Trinajstić information content (AvgIpc) is 2.65. The number of aryl methyl sites for hydroxylation is 1. The van der Waals surface area contributed by atoms with Gasteiger partial charge < -0.3 is 0 Å². The van der Waals surface area contributed by atoms with Gasteiger partial charge >= 0.3 is 0 Å². The fourth-order valence-electron chi connectivity index (χ4n) is 1.46. The van der Waals surface area contributed by atoms with Gasteiger partial charge in [0.15, 0.2) is 4.60 Å². The van der Waals surface area contributed by atoms with Crippen LogP contribution in [0.5, 0.6) is 0 Å². The SMILES string of the molecule is CCN(CC(C)C#N)S(=O)(=O)c1c(Br)nnn1C. The predicted molar refractivity (Wildman–Crippen MR) is 67.9 cm³/mol. The number of aromatic nitrogens is 3. The Morgan fingerprint density at radius 3 is 2.61 bits per heavy atom. The summed E-state index contributed by atoms with van der Waals surface area (Å²) >= 11 is 3.07. The second kappa shape index (κ2) is 5.77. The van der Waals surface area contributed by atoms with Crippen LogP contribution in [0.4, 0.5) is 0 Å². The molecule has 0 bridgehead atoms. The quantitative estimate of drug-likeness (QED) is 0.791. The third kappa shape index (κ3) is 2.88. The van der Waals surface area contributed by atoms with Crippen LogP contribution in [-0.4, -0.2) is 40.8 Å². The van der Waals surface area contributed by atoms with E-state index in [1.165, 1.54) is 16.0 Å². The maximum absolute atomic E-state index is 12.4. The Labute approximate surface area is 115 Å². The van der Waals surface area contributed by atoms with Crippen LogP contribution in [0.1, 0.15) is 13.8 Å². The molecule has 0 amide bonds. The van der Waals surface area contributed by atoms with Gasteiger partial charge in [-0.15, -0.1) is 5.10 Å². The number of hydrogen-bond donors (Lipinski definition) is 0. The van der Waals surface area contributed by atoms with Crippen molar-refractivity contribution in [1.82, 2.24) is 19.3 Å². The third-order valence-electron chi connectivity index (χ3n) is 2.37. The minimum atomic E-state index is -3.70. The first kappa shape index (κ1) is 15.1. The van der Waals surface area contributed by atoms with Crippen LogP contribution in [0.2, 0.25) is 0 Å². The maximum Gasteiger partial charge on any atom is 0.263 e. The summed E-state index contributed by atoms with van der Waals surface area (Å²) in [5, 5.41) is 16.1. The molecule has 9 heteroatoms. The third-order valence-corrected chi connectivity index (χ3v) is 5.20. The number of nitrogens with zero attached hydrogens (tertiary/aromatic N) is 5. The molecule has 7 nitrogen and oxygen atoms in total. The summed E-state index contributed by atoms with van der Waals surface area (Å²) in [6.07, 6.45) is 0. The number of nitriles is 1. The second-order valence-corrected chi connectivity index (χ2v) is 6.40. The molecule has 100 valence electrons. The van der Waals surface area contributed by atoms with E-state index in [0.717, 1.165) is 0 Å². The molecule has 1 unspecified atom stereocenters. The standard InChI is InChI=1S/C9H14BrN5O2S/c1-4-15(6-7(2)5-11)18(16,17)9-8(10)12-13-14(9)3/h7H,4,6H2,1-3H3. The van der Waals surface area contributed by atoms with Crippen LogP contribution in [0.3, 0.4) is 0 Å². The van der Waals surface area contributed by atoms with Gasteiger partial charge in [0, 0.05) is 20.1 Å². The van der Waals surface area contributed by atoms with Crippen molar-refractivity contribution in [2.75, 3.05) is 13.1 Å². The summed E-state index contributed by atoms with van der Waals surface area (Å²) in [7, 11) is -2.19. The highest BCUT2D eigenvalue weighted by Gasteiger charge is 2.30. The zero-order valence-corrected chi connectivity index (χ0v) is 12.7. The van der Waals surface area contributed by atoms with E-state index in [4.69, 9.17) is 5.26 Å². The lowest BCUT2D eigenvalue weighted by Crippen LogP contribution is -2.35. The van der Waals surface area contributed by atoms with Gasteiger partial charge in [-0.05, 0) is 22.9 Å². The number of hydrogen-bond acceptors (Lipinski definition) is 5. The Morgan fingerprint density at radius 2 is 2.22 bits per heavy atom. The van der Waals surface area contributed by atoms with Crippen LogP contribution in [-0.2, 0) is 17.1 Å². The van der Waals surface area contributed by atoms with Gasteiger partial charge in [0.1, 0.15) is 0 Å². The van der Waals surface area contributed by atoms with Gasteiger partial charge in [-0.1, -0.05) is 12.1 Å². The van der Waals surface area contributed by atoms with Crippen LogP contribution in [0.15, 0.2) is 9.63 Å². The Morgan fingerprint density at radius 1 is 1.61 bits per heavy atom. The average molecular weight is 336 g/mol. The molecule has 0 saturated carbocycles. The predicted octanol–water partition coefficient (Wildman–Crippen LogP) is 0.748. The van der Waals surface area contributed by atoms with Gasteiger partial charge in [-0.3, -0.25) is 0 Å². The normalized spacial score (nSPS) is 13.6. The minimum Gasteiger partial charge on any atom is -0.235 e. The molecule has 0 aromatic carbocycles. The van der Waals surface area contributed by atoms with Gasteiger partial charge in [0.05, 0.1) is 12.0 Å². The fourth-order valence-corrected chi connectivity index (χ4v) is 4.03. The molecule has 0 radical (unpaired) electrons. The Balaban J connectivity index is 3.16. The highest BCUT2D eigenvalue weighted by atomic mass is 79.9. The van der Waals surface area contributed by atoms with E-state index < -0.39 is 10.0 Å². The van der Waals surface area contributed by atoms with Crippen LogP contribution < -0.4 is 0 Å². The largest absolute Gasteiger partial charge is 0.263 e. The first-order valence-electron chi connectivity index (χ1n) is 5.29. The molecule has 0 aliphatic rings. The topological polar surface area (TPSA) is 91.9 Å². The lowest BCUT2D eigenvalue weighted by atomic mass is 10.2. The van der Waals surface area contributed by atoms with Crippen LogP contribution in [0, 0.1) is 17.2 Å². The van der Waals surface area contributed by atoms with Crippen molar-refractivity contribution in [3.8, 4) is 6.07 Å². The molecule has 0 saturated heterocycles. The van der Waals surface area contributed by atoms with Crippen molar-refractivity contribution in [2.24, 2.45) is 13.0 Å². The highest BCUT2D eigenvalue weighted by molar-refractivity contribution is 9.10. The summed E-state index contributed by atoms with van der Waals surface area (Å²) in [6, 6.07) is 2.02. The van der Waals surface area contributed by atoms with Gasteiger partial charge in [0.2, 0.25) is 5.03 Å². The number of halogens is 1. The van der Waals surface area contributed by atoms with E-state index in [1.807, 2.05) is 6.07 Å². The molecule has 18 heavy (non-hydrogen) atoms. The first-order chi connectivity index (χ1) is 8.34. The molecule has 0 fully saturated rings. The summed E-state index contributed by atoms with van der Waals surface area (Å²) < 4.78 is 27.4. The summed E-state index contributed by atoms with van der Waals surface area (Å²) in [4.78, 5) is 0. The van der Waals surface area contributed by atoms with Gasteiger partial charge in [-0.2, -0.15) is 9.57 Å². The second-order valence-electron chi connectivity index (χ2n) is 3.79. The molecule has 0 aliphatic carbocycles. The van der Waals surface area contributed by atoms with E-state index in [9.17, 15) is 8.42 Å². The highest BCUT2D eigenvalue weighted by Crippen LogP contribution is 2.22. The van der Waals surface area contributed by atoms with E-state index >= 15 is 0 Å².